The Morgan fingerprint density at radius 1 is 0.833 bits per heavy atom. The normalized spacial score (nSPS) is 22.8. The van der Waals surface area contributed by atoms with Crippen LogP contribution in [0.1, 0.15) is 58.3 Å². The Morgan fingerprint density at radius 2 is 1.43 bits per heavy atom. The van der Waals surface area contributed by atoms with Gasteiger partial charge in [0.2, 0.25) is 0 Å². The van der Waals surface area contributed by atoms with Crippen molar-refractivity contribution < 1.29 is 18.3 Å². The minimum absolute atomic E-state index is 0.0887. The number of fused-ring (bicyclic) bond motifs is 3. The van der Waals surface area contributed by atoms with Gasteiger partial charge in [-0.15, -0.1) is 11.3 Å². The lowest BCUT2D eigenvalue weighted by Gasteiger charge is -2.26. The Kier molecular flexibility index (Phi) is 5.57. The van der Waals surface area contributed by atoms with Gasteiger partial charge in [0.1, 0.15) is 0 Å². The molecule has 2 saturated carbocycles. The molecule has 2 aromatic carbocycles. The molecule has 0 saturated heterocycles. The van der Waals surface area contributed by atoms with Crippen LogP contribution < -0.4 is 9.47 Å². The van der Waals surface area contributed by atoms with Crippen molar-refractivity contribution in [3.63, 3.8) is 0 Å². The van der Waals surface area contributed by atoms with Crippen molar-refractivity contribution in [1.29, 1.82) is 0 Å². The van der Waals surface area contributed by atoms with E-state index in [0.717, 1.165) is 66.6 Å². The lowest BCUT2D eigenvalue weighted by molar-refractivity contribution is 0.183. The summed E-state index contributed by atoms with van der Waals surface area (Å²) in [4.78, 5) is 0. The van der Waals surface area contributed by atoms with E-state index in [-0.39, 0.29) is 29.2 Å². The summed E-state index contributed by atoms with van der Waals surface area (Å²) in [6.45, 7) is 2.84. The lowest BCUT2D eigenvalue weighted by atomic mass is 9.83. The first-order valence-corrected chi connectivity index (χ1v) is 12.0. The molecule has 5 rings (SSSR count). The molecule has 5 heteroatoms. The average Bonchev–Trinajstić information content (AvgIpc) is 3.39. The number of ether oxygens (including phenoxy) is 2. The first-order chi connectivity index (χ1) is 14.6. The summed E-state index contributed by atoms with van der Waals surface area (Å²) in [7, 11) is 0. The molecule has 160 valence electrons. The van der Waals surface area contributed by atoms with Gasteiger partial charge in [-0.3, -0.25) is 0 Å². The highest BCUT2D eigenvalue weighted by Gasteiger charge is 2.23. The number of thiophene rings is 1. The smallest absolute Gasteiger partial charge is 0.182 e. The van der Waals surface area contributed by atoms with E-state index in [1.165, 1.54) is 12.8 Å². The fourth-order valence-corrected chi connectivity index (χ4v) is 6.05. The summed E-state index contributed by atoms with van der Waals surface area (Å²) in [5, 5.41) is 1.47. The molecule has 2 fully saturated rings. The third-order valence-electron chi connectivity index (χ3n) is 6.82. The van der Waals surface area contributed by atoms with E-state index in [1.54, 1.807) is 12.1 Å². The second-order valence-corrected chi connectivity index (χ2v) is 10.1. The molecule has 0 amide bonds. The Hall–Kier alpha value is -1.88. The predicted molar refractivity (Wildman–Crippen MR) is 119 cm³/mol. The first kappa shape index (κ1) is 20.0. The second-order valence-electron chi connectivity index (χ2n) is 9.07. The fraction of sp³-hybridized carbons (Fsp3) is 0.520. The third kappa shape index (κ3) is 3.77. The van der Waals surface area contributed by atoms with Crippen LogP contribution >= 0.6 is 11.3 Å². The van der Waals surface area contributed by atoms with Crippen LogP contribution in [0, 0.1) is 23.5 Å². The van der Waals surface area contributed by atoms with Crippen molar-refractivity contribution in [2.45, 2.75) is 64.4 Å². The van der Waals surface area contributed by atoms with Gasteiger partial charge < -0.3 is 9.47 Å². The Bertz CT molecular complexity index is 1050. The number of halogens is 2. The summed E-state index contributed by atoms with van der Waals surface area (Å²) in [6.07, 6.45) is 9.01. The molecule has 2 aliphatic rings. The van der Waals surface area contributed by atoms with Crippen molar-refractivity contribution >= 4 is 31.5 Å². The van der Waals surface area contributed by atoms with E-state index in [9.17, 15) is 0 Å². The monoisotopic (exact) mass is 430 g/mol. The molecular weight excluding hydrogens is 402 g/mol. The molecule has 3 aromatic rings. The minimum Gasteiger partial charge on any atom is -0.490 e. The maximum atomic E-state index is 15.2. The molecule has 0 bridgehead atoms. The Balaban J connectivity index is 1.41. The van der Waals surface area contributed by atoms with Crippen molar-refractivity contribution in [2.75, 3.05) is 6.61 Å². The summed E-state index contributed by atoms with van der Waals surface area (Å²) >= 11 is 1.15. The average molecular weight is 431 g/mol. The summed E-state index contributed by atoms with van der Waals surface area (Å²) in [5.74, 6) is 1.07. The first-order valence-electron chi connectivity index (χ1n) is 11.2. The van der Waals surface area contributed by atoms with Gasteiger partial charge in [-0.2, -0.15) is 0 Å². The van der Waals surface area contributed by atoms with Crippen LogP contribution in [0.5, 0.6) is 11.5 Å². The molecular formula is C25H28F2O2S. The quantitative estimate of drug-likeness (QED) is 0.410. The molecule has 0 radical (unpaired) electrons. The maximum Gasteiger partial charge on any atom is 0.182 e. The molecule has 0 spiro atoms. The summed E-state index contributed by atoms with van der Waals surface area (Å²) < 4.78 is 43.0. The van der Waals surface area contributed by atoms with E-state index in [0.29, 0.717) is 21.9 Å². The van der Waals surface area contributed by atoms with Gasteiger partial charge in [0.05, 0.1) is 22.1 Å². The molecule has 2 aliphatic carbocycles. The third-order valence-corrected chi connectivity index (χ3v) is 8.03. The van der Waals surface area contributed by atoms with Crippen LogP contribution in [0.15, 0.2) is 24.3 Å². The fourth-order valence-electron chi connectivity index (χ4n) is 4.89. The Labute approximate surface area is 180 Å². The van der Waals surface area contributed by atoms with Gasteiger partial charge in [-0.05, 0) is 74.6 Å². The molecule has 1 aromatic heterocycles. The second kappa shape index (κ2) is 8.33. The van der Waals surface area contributed by atoms with Crippen LogP contribution in [0.2, 0.25) is 0 Å². The SMILES string of the molecule is CC1CCC(COc2ccc3c(sc4c(F)c(OC5CCCC5)ccc43)c2F)CC1. The van der Waals surface area contributed by atoms with Crippen LogP contribution in [0.4, 0.5) is 8.78 Å². The number of hydrogen-bond donors (Lipinski definition) is 0. The molecule has 0 aliphatic heterocycles. The zero-order valence-electron chi connectivity index (χ0n) is 17.4. The number of benzene rings is 2. The molecule has 0 N–H and O–H groups in total. The predicted octanol–water partition coefficient (Wildman–Crippen LogP) is 7.86. The maximum absolute atomic E-state index is 15.2. The molecule has 30 heavy (non-hydrogen) atoms. The van der Waals surface area contributed by atoms with E-state index < -0.39 is 0 Å². The van der Waals surface area contributed by atoms with Crippen molar-refractivity contribution in [1.82, 2.24) is 0 Å². The van der Waals surface area contributed by atoms with Gasteiger partial charge in [-0.1, -0.05) is 19.8 Å². The van der Waals surface area contributed by atoms with E-state index >= 15 is 8.78 Å². The van der Waals surface area contributed by atoms with Crippen LogP contribution in [0.25, 0.3) is 20.2 Å². The highest BCUT2D eigenvalue weighted by molar-refractivity contribution is 7.25. The number of rotatable bonds is 5. The number of hydrogen-bond acceptors (Lipinski definition) is 3. The highest BCUT2D eigenvalue weighted by Crippen LogP contribution is 2.42. The molecule has 0 unspecified atom stereocenters. The zero-order valence-corrected chi connectivity index (χ0v) is 18.2. The summed E-state index contributed by atoms with van der Waals surface area (Å²) in [6, 6.07) is 7.09. The van der Waals surface area contributed by atoms with E-state index in [1.807, 2.05) is 12.1 Å². The van der Waals surface area contributed by atoms with Crippen molar-refractivity contribution in [3.8, 4) is 11.5 Å². The van der Waals surface area contributed by atoms with E-state index in [4.69, 9.17) is 9.47 Å². The molecule has 1 heterocycles. The standard InChI is InChI=1S/C25H28F2O2S/c1-15-6-8-16(9-7-15)14-28-20-12-10-18-19-11-13-21(29-17-4-2-3-5-17)23(27)25(19)30-24(18)22(20)26/h10-13,15-17H,2-9,14H2,1H3. The van der Waals surface area contributed by atoms with Gasteiger partial charge in [0.15, 0.2) is 23.1 Å². The van der Waals surface area contributed by atoms with E-state index in [2.05, 4.69) is 6.92 Å². The zero-order chi connectivity index (χ0) is 20.7. The molecule has 0 atom stereocenters. The Morgan fingerprint density at radius 3 is 2.10 bits per heavy atom. The van der Waals surface area contributed by atoms with Gasteiger partial charge in [0.25, 0.3) is 0 Å². The van der Waals surface area contributed by atoms with Crippen LogP contribution in [-0.2, 0) is 0 Å². The largest absolute Gasteiger partial charge is 0.490 e. The van der Waals surface area contributed by atoms with Crippen molar-refractivity contribution in [3.05, 3.63) is 35.9 Å². The molecule has 2 nitrogen and oxygen atoms in total. The van der Waals surface area contributed by atoms with Gasteiger partial charge in [0, 0.05) is 10.8 Å². The summed E-state index contributed by atoms with van der Waals surface area (Å²) in [5.41, 5.74) is 0. The van der Waals surface area contributed by atoms with Crippen molar-refractivity contribution in [2.24, 2.45) is 11.8 Å². The van der Waals surface area contributed by atoms with Gasteiger partial charge >= 0.3 is 0 Å². The lowest BCUT2D eigenvalue weighted by Crippen LogP contribution is -2.19. The highest BCUT2D eigenvalue weighted by atomic mass is 32.1. The van der Waals surface area contributed by atoms with Gasteiger partial charge in [-0.25, -0.2) is 8.78 Å². The topological polar surface area (TPSA) is 18.5 Å². The van der Waals surface area contributed by atoms with Crippen LogP contribution in [0.3, 0.4) is 0 Å². The van der Waals surface area contributed by atoms with Crippen LogP contribution in [-0.4, -0.2) is 12.7 Å². The minimum atomic E-state index is -0.379.